The Kier molecular flexibility index (Phi) is 7.09. The SMILES string of the molecule is CCOP(=O)(N[C@@H](c1ccco1)[C@@](C)(C(=O)OC)[N+](=O)[O-])OCC. The van der Waals surface area contributed by atoms with Crippen LogP contribution in [0.2, 0.25) is 0 Å². The van der Waals surface area contributed by atoms with Crippen molar-refractivity contribution in [3.8, 4) is 0 Å². The van der Waals surface area contributed by atoms with Crippen LogP contribution in [0.4, 0.5) is 0 Å². The number of nitrogens with one attached hydrogen (secondary N) is 1. The van der Waals surface area contributed by atoms with Crippen LogP contribution in [0.1, 0.15) is 32.6 Å². The maximum atomic E-state index is 12.7. The third-order valence-corrected chi connectivity index (χ3v) is 5.02. The quantitative estimate of drug-likeness (QED) is 0.287. The predicted octanol–water partition coefficient (Wildman–Crippen LogP) is 2.30. The van der Waals surface area contributed by atoms with Crippen LogP contribution in [0, 0.1) is 10.1 Å². The molecule has 1 N–H and O–H groups in total. The van der Waals surface area contributed by atoms with Gasteiger partial charge in [-0.1, -0.05) is 0 Å². The lowest BCUT2D eigenvalue weighted by Crippen LogP contribution is -2.53. The molecule has 24 heavy (non-hydrogen) atoms. The number of rotatable bonds is 10. The standard InChI is InChI=1S/C13H21N2O8P/c1-5-22-24(19,23-6-2)14-11(10-8-7-9-21-10)13(3,15(17)18)12(16)20-4/h7-9,11H,5-6H2,1-4H3,(H,14,19)/t11-,13-/m0/s1. The summed E-state index contributed by atoms with van der Waals surface area (Å²) in [6.07, 6.45) is 1.27. The summed E-state index contributed by atoms with van der Waals surface area (Å²) in [5.41, 5.74) is -2.32. The van der Waals surface area contributed by atoms with Crippen LogP contribution < -0.4 is 5.09 Å². The third kappa shape index (κ3) is 4.21. The van der Waals surface area contributed by atoms with Crippen molar-refractivity contribution in [1.82, 2.24) is 5.09 Å². The smallest absolute Gasteiger partial charge is 0.406 e. The second-order valence-electron chi connectivity index (χ2n) is 4.81. The molecule has 136 valence electrons. The molecule has 0 aromatic carbocycles. The zero-order chi connectivity index (χ0) is 18.4. The minimum absolute atomic E-state index is 0.0132. The van der Waals surface area contributed by atoms with Crippen LogP contribution >= 0.6 is 7.75 Å². The Morgan fingerprint density at radius 3 is 2.42 bits per heavy atom. The van der Waals surface area contributed by atoms with Gasteiger partial charge in [-0.2, -0.15) is 0 Å². The van der Waals surface area contributed by atoms with Crippen molar-refractivity contribution in [3.05, 3.63) is 34.3 Å². The lowest BCUT2D eigenvalue weighted by Gasteiger charge is -2.29. The zero-order valence-corrected chi connectivity index (χ0v) is 14.8. The van der Waals surface area contributed by atoms with E-state index in [0.29, 0.717) is 0 Å². The van der Waals surface area contributed by atoms with Crippen molar-refractivity contribution < 1.29 is 32.5 Å². The van der Waals surface area contributed by atoms with Gasteiger partial charge in [-0.3, -0.25) is 19.2 Å². The number of furan rings is 1. The number of hydrogen-bond acceptors (Lipinski definition) is 8. The third-order valence-electron chi connectivity index (χ3n) is 3.25. The highest BCUT2D eigenvalue weighted by Gasteiger charge is 2.58. The van der Waals surface area contributed by atoms with E-state index in [1.165, 1.54) is 18.4 Å². The molecule has 0 aliphatic carbocycles. The van der Waals surface area contributed by atoms with Gasteiger partial charge in [0.15, 0.2) is 6.04 Å². The Hall–Kier alpha value is -1.74. The summed E-state index contributed by atoms with van der Waals surface area (Å²) < 4.78 is 32.7. The van der Waals surface area contributed by atoms with Crippen molar-refractivity contribution >= 4 is 13.7 Å². The molecule has 10 nitrogen and oxygen atoms in total. The van der Waals surface area contributed by atoms with Gasteiger partial charge >= 0.3 is 19.3 Å². The maximum Gasteiger partial charge on any atom is 0.406 e. The fourth-order valence-electron chi connectivity index (χ4n) is 2.04. The molecule has 1 heterocycles. The van der Waals surface area contributed by atoms with Gasteiger partial charge in [-0.05, 0) is 26.0 Å². The largest absolute Gasteiger partial charge is 0.467 e. The molecule has 0 aliphatic heterocycles. The number of methoxy groups -OCH3 is 1. The average molecular weight is 364 g/mol. The molecule has 1 aromatic heterocycles. The van der Waals surface area contributed by atoms with Gasteiger partial charge in [0.1, 0.15) is 5.76 Å². The van der Waals surface area contributed by atoms with Gasteiger partial charge in [0, 0.05) is 11.8 Å². The molecule has 2 atom stereocenters. The summed E-state index contributed by atoms with van der Waals surface area (Å²) >= 11 is 0. The van der Waals surface area contributed by atoms with Crippen molar-refractivity contribution in [2.24, 2.45) is 0 Å². The minimum atomic E-state index is -3.93. The Morgan fingerprint density at radius 1 is 1.46 bits per heavy atom. The predicted molar refractivity (Wildman–Crippen MR) is 82.9 cm³/mol. The Morgan fingerprint density at radius 2 is 2.04 bits per heavy atom. The van der Waals surface area contributed by atoms with Crippen LogP contribution in [0.15, 0.2) is 22.8 Å². The molecule has 11 heteroatoms. The summed E-state index contributed by atoms with van der Waals surface area (Å²) in [5.74, 6) is -1.12. The second-order valence-corrected chi connectivity index (χ2v) is 6.58. The van der Waals surface area contributed by atoms with Crippen molar-refractivity contribution in [3.63, 3.8) is 0 Å². The first-order valence-corrected chi connectivity index (χ1v) is 8.72. The molecule has 1 aromatic rings. The summed E-state index contributed by atoms with van der Waals surface area (Å²) in [6.45, 7) is 4.27. The first-order valence-electron chi connectivity index (χ1n) is 7.18. The van der Waals surface area contributed by atoms with Crippen LogP contribution in [-0.2, 0) is 23.1 Å². The van der Waals surface area contributed by atoms with E-state index in [1.807, 2.05) is 0 Å². The van der Waals surface area contributed by atoms with Crippen LogP contribution in [0.5, 0.6) is 0 Å². The van der Waals surface area contributed by atoms with Crippen molar-refractivity contribution in [2.45, 2.75) is 32.4 Å². The van der Waals surface area contributed by atoms with Crippen molar-refractivity contribution in [2.75, 3.05) is 20.3 Å². The van der Waals surface area contributed by atoms with Gasteiger partial charge in [-0.15, -0.1) is 0 Å². The van der Waals surface area contributed by atoms with E-state index >= 15 is 0 Å². The molecular formula is C13H21N2O8P. The van der Waals surface area contributed by atoms with E-state index in [-0.39, 0.29) is 19.0 Å². The molecule has 0 bridgehead atoms. The number of hydrogen-bond donors (Lipinski definition) is 1. The van der Waals surface area contributed by atoms with Gasteiger partial charge < -0.3 is 9.15 Å². The number of carbonyl (C=O) groups is 1. The molecule has 0 aliphatic rings. The highest BCUT2D eigenvalue weighted by molar-refractivity contribution is 7.51. The number of nitrogens with zero attached hydrogens (tertiary/aromatic N) is 1. The highest BCUT2D eigenvalue weighted by atomic mass is 31.2. The molecule has 0 fully saturated rings. The molecule has 0 spiro atoms. The Bertz CT molecular complexity index is 595. The topological polar surface area (TPSA) is 130 Å². The summed E-state index contributed by atoms with van der Waals surface area (Å²) in [6, 6.07) is 1.44. The fraction of sp³-hybridized carbons (Fsp3) is 0.615. The monoisotopic (exact) mass is 364 g/mol. The summed E-state index contributed by atoms with van der Waals surface area (Å²) in [5, 5.41) is 14.1. The number of esters is 1. The Balaban J connectivity index is 3.38. The van der Waals surface area contributed by atoms with E-state index in [4.69, 9.17) is 13.5 Å². The second kappa shape index (κ2) is 8.39. The Labute approximate surface area is 139 Å². The lowest BCUT2D eigenvalue weighted by molar-refractivity contribution is -0.556. The molecule has 0 unspecified atom stereocenters. The fourth-order valence-corrected chi connectivity index (χ4v) is 3.63. The van der Waals surface area contributed by atoms with Crippen LogP contribution in [0.25, 0.3) is 0 Å². The van der Waals surface area contributed by atoms with Crippen LogP contribution in [0.3, 0.4) is 0 Å². The first kappa shape index (κ1) is 20.3. The van der Waals surface area contributed by atoms with Gasteiger partial charge in [0.25, 0.3) is 0 Å². The van der Waals surface area contributed by atoms with Crippen molar-refractivity contribution in [1.29, 1.82) is 0 Å². The van der Waals surface area contributed by atoms with E-state index in [9.17, 15) is 19.5 Å². The molecule has 1 rings (SSSR count). The normalized spacial score (nSPS) is 15.5. The van der Waals surface area contributed by atoms with E-state index in [1.54, 1.807) is 13.8 Å². The lowest BCUT2D eigenvalue weighted by atomic mass is 9.92. The van der Waals surface area contributed by atoms with Gasteiger partial charge in [-0.25, -0.2) is 14.4 Å². The van der Waals surface area contributed by atoms with E-state index in [0.717, 1.165) is 14.0 Å². The highest BCUT2D eigenvalue weighted by Crippen LogP contribution is 2.48. The van der Waals surface area contributed by atoms with Crippen LogP contribution in [-0.4, -0.2) is 36.8 Å². The number of nitro groups is 1. The molecular weight excluding hydrogens is 343 g/mol. The number of ether oxygens (including phenoxy) is 1. The summed E-state index contributed by atoms with van der Waals surface area (Å²) in [4.78, 5) is 22.9. The van der Waals surface area contributed by atoms with Gasteiger partial charge in [0.2, 0.25) is 0 Å². The van der Waals surface area contributed by atoms with E-state index < -0.39 is 30.2 Å². The van der Waals surface area contributed by atoms with Gasteiger partial charge in [0.05, 0.1) is 26.6 Å². The van der Waals surface area contributed by atoms with E-state index in [2.05, 4.69) is 9.82 Å². The molecule has 0 amide bonds. The zero-order valence-electron chi connectivity index (χ0n) is 13.9. The number of carbonyl (C=O) groups excluding carboxylic acids is 1. The molecule has 0 radical (unpaired) electrons. The summed E-state index contributed by atoms with van der Waals surface area (Å²) in [7, 11) is -2.90. The average Bonchev–Trinajstić information content (AvgIpc) is 3.05. The molecule has 0 saturated heterocycles. The molecule has 0 saturated carbocycles. The first-order chi connectivity index (χ1) is 11.2. The maximum absolute atomic E-state index is 12.7. The minimum Gasteiger partial charge on any atom is -0.467 e.